The molecular weight excluding hydrogens is 469 g/mol. The topological polar surface area (TPSA) is 101 Å². The number of rotatable bonds is 4. The average molecular weight is 487 g/mol. The first kappa shape index (κ1) is 21.9. The number of nitrogens with zero attached hydrogens (tertiary/aromatic N) is 4. The van der Waals surface area contributed by atoms with Crippen molar-refractivity contribution < 1.29 is 37.1 Å². The lowest BCUT2D eigenvalue weighted by Crippen LogP contribution is -2.46. The summed E-state index contributed by atoms with van der Waals surface area (Å²) in [5, 5.41) is 5.46. The fourth-order valence-electron chi connectivity index (χ4n) is 5.70. The molecule has 0 unspecified atom stereocenters. The van der Waals surface area contributed by atoms with E-state index in [1.54, 1.807) is 6.92 Å². The zero-order valence-electron chi connectivity index (χ0n) is 17.4. The molecule has 0 N–H and O–H groups in total. The predicted molar refractivity (Wildman–Crippen MR) is 106 cm³/mol. The Hall–Kier alpha value is -2.89. The van der Waals surface area contributed by atoms with Gasteiger partial charge in [0.1, 0.15) is 6.10 Å². The van der Waals surface area contributed by atoms with Gasteiger partial charge in [-0.05, 0) is 25.3 Å². The van der Waals surface area contributed by atoms with Crippen LogP contribution in [0, 0.1) is 29.6 Å². The van der Waals surface area contributed by atoms with E-state index < -0.39 is 53.4 Å². The molecule has 9 nitrogen and oxygen atoms in total. The quantitative estimate of drug-likeness (QED) is 0.475. The van der Waals surface area contributed by atoms with Crippen molar-refractivity contribution in [1.29, 1.82) is 0 Å². The average Bonchev–Trinajstić information content (AvgIpc) is 3.47. The summed E-state index contributed by atoms with van der Waals surface area (Å²) in [7, 11) is 1.34. The van der Waals surface area contributed by atoms with E-state index in [1.165, 1.54) is 7.05 Å². The van der Waals surface area contributed by atoms with Gasteiger partial charge in [-0.15, -0.1) is 0 Å². The fraction of sp³-hybridized carbons (Fsp3) is 0.550. The molecule has 2 bridgehead atoms. The number of alkyl halides is 3. The molecule has 0 radical (unpaired) electrons. The van der Waals surface area contributed by atoms with Crippen LogP contribution in [0.4, 0.5) is 19.0 Å². The smallest absolute Gasteiger partial charge is 0.417 e. The summed E-state index contributed by atoms with van der Waals surface area (Å²) in [4.78, 5) is 48.1. The Kier molecular flexibility index (Phi) is 4.86. The number of pyridine rings is 1. The molecule has 1 aromatic heterocycles. The Morgan fingerprint density at radius 3 is 2.55 bits per heavy atom. The van der Waals surface area contributed by atoms with Gasteiger partial charge in [-0.1, -0.05) is 16.8 Å². The lowest BCUT2D eigenvalue weighted by molar-refractivity contribution is -0.142. The van der Waals surface area contributed by atoms with Gasteiger partial charge < -0.3 is 9.57 Å². The predicted octanol–water partition coefficient (Wildman–Crippen LogP) is 2.29. The van der Waals surface area contributed by atoms with Gasteiger partial charge in [-0.3, -0.25) is 14.6 Å². The van der Waals surface area contributed by atoms with Crippen LogP contribution in [0.3, 0.4) is 0 Å². The number of hydrazine groups is 1. The highest BCUT2D eigenvalue weighted by Crippen LogP contribution is 2.61. The summed E-state index contributed by atoms with van der Waals surface area (Å²) in [6.45, 7) is 1.82. The van der Waals surface area contributed by atoms with E-state index in [-0.39, 0.29) is 35.0 Å². The zero-order valence-corrected chi connectivity index (χ0v) is 18.1. The van der Waals surface area contributed by atoms with Crippen molar-refractivity contribution >= 4 is 40.9 Å². The highest BCUT2D eigenvalue weighted by atomic mass is 35.5. The van der Waals surface area contributed by atoms with E-state index in [0.29, 0.717) is 18.7 Å². The first-order valence-electron chi connectivity index (χ1n) is 10.3. The third-order valence-corrected chi connectivity index (χ3v) is 7.19. The second-order valence-electron chi connectivity index (χ2n) is 8.45. The highest BCUT2D eigenvalue weighted by Gasteiger charge is 2.71. The molecule has 2 aliphatic heterocycles. The number of esters is 1. The number of carbonyl (C=O) groups excluding carboxylic acids is 3. The molecule has 33 heavy (non-hydrogen) atoms. The van der Waals surface area contributed by atoms with Gasteiger partial charge >= 0.3 is 12.1 Å². The van der Waals surface area contributed by atoms with Crippen molar-refractivity contribution in [2.45, 2.75) is 25.6 Å². The number of aromatic nitrogens is 1. The summed E-state index contributed by atoms with van der Waals surface area (Å²) >= 11 is 6.02. The zero-order chi connectivity index (χ0) is 23.8. The second kappa shape index (κ2) is 7.31. The molecule has 1 aromatic rings. The maximum atomic E-state index is 13.3. The molecule has 2 saturated carbocycles. The molecule has 13 heteroatoms. The maximum Gasteiger partial charge on any atom is 0.417 e. The number of oxime groups is 1. The molecule has 1 saturated heterocycles. The Morgan fingerprint density at radius 1 is 1.27 bits per heavy atom. The maximum absolute atomic E-state index is 13.3. The number of fused-ring (bicyclic) bond motifs is 8. The molecule has 176 valence electrons. The SMILES string of the molecule is CCOC(=O)C1=NO[C@@H]2[C@H]3C[C@H]([C@H]4C(=O)N(N(C)c5ncc(C(F)(F)F)cc5Cl)C(=O)[C@H]34)[C@H]12. The molecule has 2 aliphatic carbocycles. The normalized spacial score (nSPS) is 31.9. The summed E-state index contributed by atoms with van der Waals surface area (Å²) in [5.41, 5.74) is -0.929. The van der Waals surface area contributed by atoms with E-state index in [1.807, 2.05) is 0 Å². The van der Waals surface area contributed by atoms with Gasteiger partial charge in [-0.2, -0.15) is 18.2 Å². The minimum absolute atomic E-state index is 0.118. The van der Waals surface area contributed by atoms with Crippen LogP contribution in [0.5, 0.6) is 0 Å². The van der Waals surface area contributed by atoms with Crippen LogP contribution in [0.2, 0.25) is 5.02 Å². The number of carbonyl (C=O) groups is 3. The first-order chi connectivity index (χ1) is 15.6. The van der Waals surface area contributed by atoms with Crippen LogP contribution in [-0.4, -0.2) is 53.2 Å². The molecular formula is C20H18ClF3N4O5. The lowest BCUT2D eigenvalue weighted by Gasteiger charge is -2.29. The van der Waals surface area contributed by atoms with E-state index in [4.69, 9.17) is 21.2 Å². The van der Waals surface area contributed by atoms with Gasteiger partial charge in [-0.25, -0.2) is 9.78 Å². The lowest BCUT2D eigenvalue weighted by atomic mass is 9.72. The Labute approximate surface area is 190 Å². The largest absolute Gasteiger partial charge is 0.461 e. The molecule has 3 heterocycles. The summed E-state index contributed by atoms with van der Waals surface area (Å²) in [6.07, 6.45) is -4.03. The fourth-order valence-corrected chi connectivity index (χ4v) is 5.98. The highest BCUT2D eigenvalue weighted by molar-refractivity contribution is 6.38. The van der Waals surface area contributed by atoms with Crippen molar-refractivity contribution in [3.8, 4) is 0 Å². The van der Waals surface area contributed by atoms with E-state index in [2.05, 4.69) is 10.1 Å². The summed E-state index contributed by atoms with van der Waals surface area (Å²) in [6, 6.07) is 0.691. The van der Waals surface area contributed by atoms with Crippen molar-refractivity contribution in [3.05, 3.63) is 22.8 Å². The summed E-state index contributed by atoms with van der Waals surface area (Å²) < 4.78 is 43.9. The standard InChI is InChI=1S/C20H18ClF3N4O5/c1-3-32-19(31)14-13-8-5-9(15(13)33-26-14)12-11(8)17(29)28(18(12)30)27(2)16-10(21)4-7(6-25-16)20(22,23)24/h4,6,8-9,11-13,15H,3,5H2,1-2H3/t8-,9+,11-,12-,13-,15-/m1/s1. The number of imide groups is 1. The minimum atomic E-state index is -4.64. The van der Waals surface area contributed by atoms with Crippen LogP contribution in [0.1, 0.15) is 18.9 Å². The van der Waals surface area contributed by atoms with Crippen molar-refractivity contribution in [2.75, 3.05) is 18.7 Å². The van der Waals surface area contributed by atoms with E-state index in [0.717, 1.165) is 10.0 Å². The number of amides is 2. The Balaban J connectivity index is 1.42. The van der Waals surface area contributed by atoms with Crippen LogP contribution < -0.4 is 5.01 Å². The van der Waals surface area contributed by atoms with Gasteiger partial charge in [0.25, 0.3) is 11.8 Å². The first-order valence-corrected chi connectivity index (χ1v) is 10.7. The Morgan fingerprint density at radius 2 is 1.94 bits per heavy atom. The van der Waals surface area contributed by atoms with Crippen LogP contribution in [0.15, 0.2) is 17.4 Å². The third-order valence-electron chi connectivity index (χ3n) is 6.91. The molecule has 3 fully saturated rings. The number of ether oxygens (including phenoxy) is 1. The van der Waals surface area contributed by atoms with Gasteiger partial charge in [0.15, 0.2) is 11.5 Å². The molecule has 0 spiro atoms. The van der Waals surface area contributed by atoms with Gasteiger partial charge in [0.2, 0.25) is 0 Å². The van der Waals surface area contributed by atoms with Crippen molar-refractivity contribution in [3.63, 3.8) is 0 Å². The molecule has 2 amide bonds. The minimum Gasteiger partial charge on any atom is -0.461 e. The van der Waals surface area contributed by atoms with Gasteiger partial charge in [0.05, 0.1) is 34.9 Å². The van der Waals surface area contributed by atoms with Crippen LogP contribution in [-0.2, 0) is 30.1 Å². The van der Waals surface area contributed by atoms with Gasteiger partial charge in [0, 0.05) is 19.2 Å². The monoisotopic (exact) mass is 486 g/mol. The van der Waals surface area contributed by atoms with Crippen molar-refractivity contribution in [1.82, 2.24) is 9.99 Å². The van der Waals surface area contributed by atoms with Crippen LogP contribution >= 0.6 is 11.6 Å². The van der Waals surface area contributed by atoms with Crippen molar-refractivity contribution in [2.24, 2.45) is 34.7 Å². The third kappa shape index (κ3) is 3.02. The second-order valence-corrected chi connectivity index (χ2v) is 8.85. The number of halogens is 4. The summed E-state index contributed by atoms with van der Waals surface area (Å²) in [5.74, 6) is -4.32. The molecule has 6 atom stereocenters. The number of hydrogen-bond acceptors (Lipinski definition) is 8. The number of hydrogen-bond donors (Lipinski definition) is 0. The molecule has 4 aliphatic rings. The van der Waals surface area contributed by atoms with Crippen LogP contribution in [0.25, 0.3) is 0 Å². The Bertz CT molecular complexity index is 1100. The molecule has 0 aromatic carbocycles. The number of anilines is 1. The molecule has 5 rings (SSSR count). The van der Waals surface area contributed by atoms with E-state index >= 15 is 0 Å². The van der Waals surface area contributed by atoms with E-state index in [9.17, 15) is 27.6 Å².